The number of piperidine rings is 2. The van der Waals surface area contributed by atoms with E-state index < -0.39 is 0 Å². The number of hydrogen-bond donors (Lipinski definition) is 0. The summed E-state index contributed by atoms with van der Waals surface area (Å²) >= 11 is 0. The van der Waals surface area contributed by atoms with Crippen LogP contribution in [0.5, 0.6) is 0 Å². The lowest BCUT2D eigenvalue weighted by Crippen LogP contribution is -2.51. The fourth-order valence-electron chi connectivity index (χ4n) is 5.27. The summed E-state index contributed by atoms with van der Waals surface area (Å²) in [4.78, 5) is 32.1. The molecule has 3 fully saturated rings. The Hall–Kier alpha value is -1.88. The fourth-order valence-corrected chi connectivity index (χ4v) is 5.27. The van der Waals surface area contributed by atoms with Gasteiger partial charge in [0.15, 0.2) is 0 Å². The van der Waals surface area contributed by atoms with Crippen molar-refractivity contribution in [1.29, 1.82) is 0 Å². The van der Waals surface area contributed by atoms with E-state index in [-0.39, 0.29) is 11.8 Å². The van der Waals surface area contributed by atoms with Crippen molar-refractivity contribution in [3.63, 3.8) is 0 Å². The highest BCUT2D eigenvalue weighted by Gasteiger charge is 2.34. The monoisotopic (exact) mass is 397 g/mol. The van der Waals surface area contributed by atoms with E-state index in [1.165, 1.54) is 18.4 Å². The number of carbonyl (C=O) groups is 2. The van der Waals surface area contributed by atoms with Crippen LogP contribution in [0, 0.1) is 5.92 Å². The molecule has 0 spiro atoms. The van der Waals surface area contributed by atoms with Crippen LogP contribution in [0.25, 0.3) is 0 Å². The number of benzene rings is 1. The maximum Gasteiger partial charge on any atom is 0.226 e. The van der Waals surface area contributed by atoms with Gasteiger partial charge in [-0.2, -0.15) is 0 Å². The summed E-state index contributed by atoms with van der Waals surface area (Å²) in [6.07, 6.45) is 8.02. The summed E-state index contributed by atoms with van der Waals surface area (Å²) in [6, 6.07) is 10.8. The number of hydrogen-bond acceptors (Lipinski definition) is 3. The van der Waals surface area contributed by atoms with E-state index >= 15 is 0 Å². The molecule has 0 aliphatic carbocycles. The van der Waals surface area contributed by atoms with Crippen molar-refractivity contribution in [2.45, 2.75) is 57.4 Å². The molecular weight excluding hydrogens is 362 g/mol. The first-order chi connectivity index (χ1) is 14.2. The van der Waals surface area contributed by atoms with Gasteiger partial charge < -0.3 is 9.80 Å². The Morgan fingerprint density at radius 1 is 0.828 bits per heavy atom. The third kappa shape index (κ3) is 5.19. The maximum absolute atomic E-state index is 12.8. The minimum Gasteiger partial charge on any atom is -0.343 e. The summed E-state index contributed by atoms with van der Waals surface area (Å²) in [5.41, 5.74) is 1.23. The van der Waals surface area contributed by atoms with Crippen LogP contribution < -0.4 is 0 Å². The van der Waals surface area contributed by atoms with Gasteiger partial charge in [0, 0.05) is 45.2 Å². The lowest BCUT2D eigenvalue weighted by molar-refractivity contribution is -0.136. The zero-order valence-electron chi connectivity index (χ0n) is 17.6. The van der Waals surface area contributed by atoms with E-state index in [0.717, 1.165) is 71.4 Å². The lowest BCUT2D eigenvalue weighted by Gasteiger charge is -2.42. The number of aryl methyl sites for hydroxylation is 1. The Morgan fingerprint density at radius 3 is 2.28 bits per heavy atom. The molecule has 3 aliphatic rings. The molecule has 5 nitrogen and oxygen atoms in total. The van der Waals surface area contributed by atoms with Gasteiger partial charge in [0.1, 0.15) is 0 Å². The van der Waals surface area contributed by atoms with E-state index in [9.17, 15) is 9.59 Å². The smallest absolute Gasteiger partial charge is 0.226 e. The third-order valence-electron chi connectivity index (χ3n) is 7.02. The molecular formula is C24H35N3O2. The van der Waals surface area contributed by atoms with Crippen LogP contribution in [-0.4, -0.2) is 71.8 Å². The summed E-state index contributed by atoms with van der Waals surface area (Å²) in [5, 5.41) is 0. The van der Waals surface area contributed by atoms with Crippen molar-refractivity contribution in [2.24, 2.45) is 5.92 Å². The van der Waals surface area contributed by atoms with Gasteiger partial charge in [-0.15, -0.1) is 0 Å². The average Bonchev–Trinajstić information content (AvgIpc) is 3.33. The van der Waals surface area contributed by atoms with Gasteiger partial charge in [0.2, 0.25) is 11.8 Å². The van der Waals surface area contributed by atoms with Crippen LogP contribution in [0.3, 0.4) is 0 Å². The van der Waals surface area contributed by atoms with Crippen LogP contribution in [0.1, 0.15) is 50.5 Å². The Balaban J connectivity index is 1.22. The second kappa shape index (κ2) is 9.75. The van der Waals surface area contributed by atoms with E-state index in [2.05, 4.69) is 26.8 Å². The average molecular weight is 398 g/mol. The number of carbonyl (C=O) groups excluding carboxylic acids is 2. The van der Waals surface area contributed by atoms with Crippen molar-refractivity contribution in [3.05, 3.63) is 35.9 Å². The minimum absolute atomic E-state index is 0.187. The lowest BCUT2D eigenvalue weighted by atomic mass is 9.92. The molecule has 1 unspecified atom stereocenters. The van der Waals surface area contributed by atoms with Crippen molar-refractivity contribution in [2.75, 3.05) is 39.3 Å². The van der Waals surface area contributed by atoms with Gasteiger partial charge >= 0.3 is 0 Å². The first kappa shape index (κ1) is 20.4. The molecule has 3 saturated heterocycles. The Kier molecular flexibility index (Phi) is 6.86. The highest BCUT2D eigenvalue weighted by Crippen LogP contribution is 2.26. The van der Waals surface area contributed by atoms with Gasteiger partial charge in [-0.3, -0.25) is 14.5 Å². The minimum atomic E-state index is 0.187. The second-order valence-corrected chi connectivity index (χ2v) is 8.96. The van der Waals surface area contributed by atoms with Crippen LogP contribution in [0.2, 0.25) is 0 Å². The SMILES string of the molecule is O=C(CCc1ccccc1)N1CCC(N2CCCC(C(=O)N3CCCC3)C2)CC1. The molecule has 0 N–H and O–H groups in total. The van der Waals surface area contributed by atoms with Gasteiger partial charge in [0.25, 0.3) is 0 Å². The molecule has 4 rings (SSSR count). The third-order valence-corrected chi connectivity index (χ3v) is 7.02. The number of rotatable bonds is 5. The molecule has 1 aromatic rings. The topological polar surface area (TPSA) is 43.9 Å². The van der Waals surface area contributed by atoms with Gasteiger partial charge in [-0.05, 0) is 57.1 Å². The van der Waals surface area contributed by atoms with Crippen LogP contribution in [-0.2, 0) is 16.0 Å². The number of likely N-dealkylation sites (tertiary alicyclic amines) is 3. The first-order valence-corrected chi connectivity index (χ1v) is 11.6. The number of amides is 2. The predicted molar refractivity (Wildman–Crippen MR) is 114 cm³/mol. The summed E-state index contributed by atoms with van der Waals surface area (Å²) in [6.45, 7) is 5.66. The molecule has 158 valence electrons. The van der Waals surface area contributed by atoms with Crippen molar-refractivity contribution >= 4 is 11.8 Å². The fraction of sp³-hybridized carbons (Fsp3) is 0.667. The van der Waals surface area contributed by atoms with Crippen molar-refractivity contribution in [1.82, 2.24) is 14.7 Å². The Bertz CT molecular complexity index is 679. The molecule has 0 aromatic heterocycles. The zero-order chi connectivity index (χ0) is 20.1. The molecule has 3 aliphatic heterocycles. The highest BCUT2D eigenvalue weighted by atomic mass is 16.2. The van der Waals surface area contributed by atoms with Crippen LogP contribution in [0.4, 0.5) is 0 Å². The van der Waals surface area contributed by atoms with Gasteiger partial charge in [-0.25, -0.2) is 0 Å². The second-order valence-electron chi connectivity index (χ2n) is 8.96. The Morgan fingerprint density at radius 2 is 1.55 bits per heavy atom. The van der Waals surface area contributed by atoms with E-state index in [1.54, 1.807) is 0 Å². The van der Waals surface area contributed by atoms with Crippen molar-refractivity contribution in [3.8, 4) is 0 Å². The van der Waals surface area contributed by atoms with Crippen LogP contribution >= 0.6 is 0 Å². The summed E-state index contributed by atoms with van der Waals surface area (Å²) < 4.78 is 0. The zero-order valence-corrected chi connectivity index (χ0v) is 17.6. The molecule has 5 heteroatoms. The molecule has 1 aromatic carbocycles. The van der Waals surface area contributed by atoms with E-state index in [4.69, 9.17) is 0 Å². The van der Waals surface area contributed by atoms with E-state index in [1.807, 2.05) is 18.2 Å². The number of nitrogens with zero attached hydrogens (tertiary/aromatic N) is 3. The molecule has 3 heterocycles. The van der Waals surface area contributed by atoms with Crippen LogP contribution in [0.15, 0.2) is 30.3 Å². The predicted octanol–water partition coefficient (Wildman–Crippen LogP) is 2.94. The van der Waals surface area contributed by atoms with E-state index in [0.29, 0.717) is 18.4 Å². The summed E-state index contributed by atoms with van der Waals surface area (Å²) in [7, 11) is 0. The molecule has 29 heavy (non-hydrogen) atoms. The molecule has 2 amide bonds. The molecule has 0 bridgehead atoms. The molecule has 0 saturated carbocycles. The standard InChI is InChI=1S/C24H35N3O2/c28-23(11-10-20-7-2-1-3-8-20)25-17-12-22(13-18-25)27-16-6-9-21(19-27)24(29)26-14-4-5-15-26/h1-3,7-8,21-22H,4-6,9-19H2. The van der Waals surface area contributed by atoms with Crippen molar-refractivity contribution < 1.29 is 9.59 Å². The van der Waals surface area contributed by atoms with Gasteiger partial charge in [0.05, 0.1) is 5.92 Å². The Labute approximate surface area is 175 Å². The maximum atomic E-state index is 12.8. The normalized spacial score (nSPS) is 24.1. The molecule has 0 radical (unpaired) electrons. The highest BCUT2D eigenvalue weighted by molar-refractivity contribution is 5.79. The first-order valence-electron chi connectivity index (χ1n) is 11.6. The van der Waals surface area contributed by atoms with Gasteiger partial charge in [-0.1, -0.05) is 30.3 Å². The molecule has 1 atom stereocenters. The summed E-state index contributed by atoms with van der Waals surface area (Å²) in [5.74, 6) is 0.862. The quantitative estimate of drug-likeness (QED) is 0.767. The largest absolute Gasteiger partial charge is 0.343 e.